The first-order chi connectivity index (χ1) is 9.17. The number of hydrogen-bond acceptors (Lipinski definition) is 3. The molecule has 2 aromatic rings. The molecular formula is C13H16Cl2N4. The lowest BCUT2D eigenvalue weighted by atomic mass is 10.2. The first-order valence-corrected chi connectivity index (χ1v) is 6.97. The van der Waals surface area contributed by atoms with Crippen molar-refractivity contribution < 1.29 is 0 Å². The first-order valence-electron chi connectivity index (χ1n) is 6.21. The van der Waals surface area contributed by atoms with Crippen LogP contribution < -0.4 is 5.73 Å². The fraction of sp³-hybridized carbons (Fsp3) is 0.385. The average molecular weight is 299 g/mol. The van der Waals surface area contributed by atoms with Crippen LogP contribution in [-0.4, -0.2) is 15.0 Å². The summed E-state index contributed by atoms with van der Waals surface area (Å²) in [6.07, 6.45) is 1.90. The molecule has 1 aromatic carbocycles. The summed E-state index contributed by atoms with van der Waals surface area (Å²) in [6, 6.07) is 5.47. The Morgan fingerprint density at radius 1 is 1.26 bits per heavy atom. The third kappa shape index (κ3) is 3.08. The number of aromatic nitrogens is 3. The fourth-order valence-electron chi connectivity index (χ4n) is 2.00. The van der Waals surface area contributed by atoms with E-state index in [0.717, 1.165) is 29.8 Å². The molecule has 102 valence electrons. The van der Waals surface area contributed by atoms with E-state index in [-0.39, 0.29) is 0 Å². The first kappa shape index (κ1) is 14.3. The van der Waals surface area contributed by atoms with Gasteiger partial charge >= 0.3 is 0 Å². The maximum absolute atomic E-state index is 6.18. The minimum Gasteiger partial charge on any atom is -0.325 e. The molecule has 0 radical (unpaired) electrons. The quantitative estimate of drug-likeness (QED) is 0.923. The number of halogens is 2. The largest absolute Gasteiger partial charge is 0.325 e. The number of hydrogen-bond donors (Lipinski definition) is 1. The molecule has 0 atom stereocenters. The lowest BCUT2D eigenvalue weighted by Crippen LogP contribution is -2.09. The van der Waals surface area contributed by atoms with E-state index in [1.807, 2.05) is 22.9 Å². The van der Waals surface area contributed by atoms with Crippen LogP contribution in [0, 0.1) is 0 Å². The molecule has 0 aliphatic rings. The van der Waals surface area contributed by atoms with E-state index in [2.05, 4.69) is 17.2 Å². The normalized spacial score (nSPS) is 10.9. The zero-order valence-electron chi connectivity index (χ0n) is 10.7. The van der Waals surface area contributed by atoms with Gasteiger partial charge in [0.25, 0.3) is 0 Å². The van der Waals surface area contributed by atoms with Gasteiger partial charge in [-0.3, -0.25) is 0 Å². The Morgan fingerprint density at radius 2 is 1.95 bits per heavy atom. The van der Waals surface area contributed by atoms with Crippen LogP contribution in [0.2, 0.25) is 10.0 Å². The summed E-state index contributed by atoms with van der Waals surface area (Å²) >= 11 is 12.4. The van der Waals surface area contributed by atoms with Crippen molar-refractivity contribution in [1.29, 1.82) is 0 Å². The number of nitrogens with zero attached hydrogens (tertiary/aromatic N) is 3. The molecule has 0 aliphatic carbocycles. The zero-order chi connectivity index (χ0) is 13.8. The minimum atomic E-state index is 0.394. The van der Waals surface area contributed by atoms with Gasteiger partial charge in [-0.15, -0.1) is 5.10 Å². The molecule has 6 heteroatoms. The summed E-state index contributed by atoms with van der Waals surface area (Å²) < 4.78 is 1.83. The highest BCUT2D eigenvalue weighted by molar-refractivity contribution is 6.35. The topological polar surface area (TPSA) is 56.7 Å². The maximum atomic E-state index is 6.18. The van der Waals surface area contributed by atoms with Gasteiger partial charge in [-0.1, -0.05) is 47.8 Å². The van der Waals surface area contributed by atoms with Crippen molar-refractivity contribution in [3.8, 4) is 0 Å². The van der Waals surface area contributed by atoms with E-state index in [4.69, 9.17) is 28.9 Å². The number of rotatable bonds is 5. The van der Waals surface area contributed by atoms with Gasteiger partial charge in [0.05, 0.1) is 17.9 Å². The van der Waals surface area contributed by atoms with Gasteiger partial charge in [-0.2, -0.15) is 0 Å². The van der Waals surface area contributed by atoms with Crippen LogP contribution >= 0.6 is 23.2 Å². The van der Waals surface area contributed by atoms with Crippen molar-refractivity contribution >= 4 is 23.2 Å². The Bertz CT molecular complexity index is 546. The molecule has 0 saturated heterocycles. The monoisotopic (exact) mass is 298 g/mol. The molecule has 0 saturated carbocycles. The van der Waals surface area contributed by atoms with Crippen molar-refractivity contribution in [2.24, 2.45) is 5.73 Å². The van der Waals surface area contributed by atoms with Gasteiger partial charge < -0.3 is 5.73 Å². The lowest BCUT2D eigenvalue weighted by Gasteiger charge is -2.10. The summed E-state index contributed by atoms with van der Waals surface area (Å²) in [5.41, 5.74) is 8.43. The van der Waals surface area contributed by atoms with E-state index in [9.17, 15) is 0 Å². The molecule has 0 fully saturated rings. The van der Waals surface area contributed by atoms with Crippen molar-refractivity contribution in [3.05, 3.63) is 45.2 Å². The van der Waals surface area contributed by atoms with Gasteiger partial charge in [0.15, 0.2) is 0 Å². The highest BCUT2D eigenvalue weighted by Crippen LogP contribution is 2.25. The van der Waals surface area contributed by atoms with Crippen LogP contribution in [0.1, 0.15) is 30.3 Å². The van der Waals surface area contributed by atoms with E-state index in [1.54, 1.807) is 0 Å². The van der Waals surface area contributed by atoms with E-state index in [0.29, 0.717) is 23.1 Å². The van der Waals surface area contributed by atoms with Gasteiger partial charge in [-0.25, -0.2) is 4.68 Å². The molecule has 1 heterocycles. The summed E-state index contributed by atoms with van der Waals surface area (Å²) in [4.78, 5) is 0. The van der Waals surface area contributed by atoms with Crippen LogP contribution in [0.3, 0.4) is 0 Å². The lowest BCUT2D eigenvalue weighted by molar-refractivity contribution is 0.613. The third-order valence-corrected chi connectivity index (χ3v) is 3.68. The predicted molar refractivity (Wildman–Crippen MR) is 77.5 cm³/mol. The predicted octanol–water partition coefficient (Wildman–Crippen LogP) is 3.04. The minimum absolute atomic E-state index is 0.394. The van der Waals surface area contributed by atoms with E-state index < -0.39 is 0 Å². The molecule has 19 heavy (non-hydrogen) atoms. The highest BCUT2D eigenvalue weighted by atomic mass is 35.5. The molecule has 2 N–H and O–H groups in total. The Balaban J connectivity index is 2.35. The summed E-state index contributed by atoms with van der Waals surface area (Å²) in [6.45, 7) is 3.02. The van der Waals surface area contributed by atoms with Gasteiger partial charge in [0.2, 0.25) is 0 Å². The van der Waals surface area contributed by atoms with Gasteiger partial charge in [-0.05, 0) is 18.6 Å². The standard InChI is InChI=1S/C13H16Cl2N4/c1-2-4-13-12(7-16)17-18-19(13)8-9-10(14)5-3-6-11(9)15/h3,5-6H,2,4,7-8,16H2,1H3. The van der Waals surface area contributed by atoms with Crippen LogP contribution in [0.15, 0.2) is 18.2 Å². The molecule has 0 spiro atoms. The molecular weight excluding hydrogens is 283 g/mol. The molecule has 0 aliphatic heterocycles. The molecule has 0 unspecified atom stereocenters. The Kier molecular flexibility index (Phi) is 4.80. The third-order valence-electron chi connectivity index (χ3n) is 2.97. The smallest absolute Gasteiger partial charge is 0.0994 e. The maximum Gasteiger partial charge on any atom is 0.0994 e. The summed E-state index contributed by atoms with van der Waals surface area (Å²) in [5.74, 6) is 0. The van der Waals surface area contributed by atoms with Crippen molar-refractivity contribution in [2.45, 2.75) is 32.9 Å². The van der Waals surface area contributed by atoms with Gasteiger partial charge in [0, 0.05) is 22.2 Å². The molecule has 1 aromatic heterocycles. The molecule has 4 nitrogen and oxygen atoms in total. The Labute approximate surface area is 122 Å². The number of nitrogens with two attached hydrogens (primary N) is 1. The van der Waals surface area contributed by atoms with Crippen molar-refractivity contribution in [2.75, 3.05) is 0 Å². The Hall–Kier alpha value is -1.10. The van der Waals surface area contributed by atoms with E-state index >= 15 is 0 Å². The van der Waals surface area contributed by atoms with Crippen molar-refractivity contribution in [1.82, 2.24) is 15.0 Å². The van der Waals surface area contributed by atoms with Crippen LogP contribution in [0.5, 0.6) is 0 Å². The number of benzene rings is 1. The highest BCUT2D eigenvalue weighted by Gasteiger charge is 2.13. The second-order valence-corrected chi connectivity index (χ2v) is 5.11. The molecule has 0 bridgehead atoms. The Morgan fingerprint density at radius 3 is 2.53 bits per heavy atom. The second-order valence-electron chi connectivity index (χ2n) is 4.29. The molecule has 0 amide bonds. The zero-order valence-corrected chi connectivity index (χ0v) is 12.2. The average Bonchev–Trinajstić information content (AvgIpc) is 2.77. The summed E-state index contributed by atoms with van der Waals surface area (Å²) in [7, 11) is 0. The van der Waals surface area contributed by atoms with Crippen LogP contribution in [0.4, 0.5) is 0 Å². The van der Waals surface area contributed by atoms with E-state index in [1.165, 1.54) is 0 Å². The van der Waals surface area contributed by atoms with Crippen molar-refractivity contribution in [3.63, 3.8) is 0 Å². The SMILES string of the molecule is CCCc1c(CN)nnn1Cc1c(Cl)cccc1Cl. The van der Waals surface area contributed by atoms with Crippen LogP contribution in [0.25, 0.3) is 0 Å². The fourth-order valence-corrected chi connectivity index (χ4v) is 2.51. The molecule has 2 rings (SSSR count). The summed E-state index contributed by atoms with van der Waals surface area (Å²) in [5, 5.41) is 9.54. The second kappa shape index (κ2) is 6.37. The van der Waals surface area contributed by atoms with Gasteiger partial charge in [0.1, 0.15) is 0 Å². The van der Waals surface area contributed by atoms with Crippen LogP contribution in [-0.2, 0) is 19.5 Å².